The van der Waals surface area contributed by atoms with Crippen molar-refractivity contribution in [2.45, 2.75) is 18.8 Å². The van der Waals surface area contributed by atoms with Crippen LogP contribution in [0.3, 0.4) is 0 Å². The Bertz CT molecular complexity index is 770. The van der Waals surface area contributed by atoms with E-state index >= 15 is 0 Å². The largest absolute Gasteiger partial charge is 0.484 e. The van der Waals surface area contributed by atoms with Gasteiger partial charge in [0.1, 0.15) is 11.7 Å². The number of benzene rings is 1. The van der Waals surface area contributed by atoms with Gasteiger partial charge < -0.3 is 14.6 Å². The molecule has 0 aliphatic heterocycles. The van der Waals surface area contributed by atoms with E-state index < -0.39 is 5.92 Å². The summed E-state index contributed by atoms with van der Waals surface area (Å²) in [5, 5.41) is 24.7. The molecule has 1 aromatic heterocycles. The molecule has 0 bridgehead atoms. The third-order valence-corrected chi connectivity index (χ3v) is 3.94. The zero-order valence-corrected chi connectivity index (χ0v) is 14.2. The van der Waals surface area contributed by atoms with Gasteiger partial charge in [-0.3, -0.25) is 4.79 Å². The third-order valence-electron chi connectivity index (χ3n) is 2.85. The maximum absolute atomic E-state index is 11.8. The van der Waals surface area contributed by atoms with Gasteiger partial charge >= 0.3 is 0 Å². The average molecular weight is 365 g/mol. The van der Waals surface area contributed by atoms with Crippen LogP contribution >= 0.6 is 23.4 Å². The van der Waals surface area contributed by atoms with E-state index in [0.29, 0.717) is 10.8 Å². The first-order chi connectivity index (χ1) is 11.5. The van der Waals surface area contributed by atoms with Crippen molar-refractivity contribution in [3.8, 4) is 11.8 Å². The molecule has 0 radical (unpaired) electrons. The van der Waals surface area contributed by atoms with E-state index in [1.54, 1.807) is 30.3 Å². The molecule has 124 valence electrons. The summed E-state index contributed by atoms with van der Waals surface area (Å²) in [6.45, 7) is 1.51. The molecule has 7 nitrogen and oxygen atoms in total. The normalized spacial score (nSPS) is 11.5. The topological polar surface area (TPSA) is 113 Å². The molecule has 9 heteroatoms. The molecular weight excluding hydrogens is 352 g/mol. The maximum atomic E-state index is 11.8. The lowest BCUT2D eigenvalue weighted by atomic mass is 10.0. The Morgan fingerprint density at radius 2 is 2.17 bits per heavy atom. The van der Waals surface area contributed by atoms with Gasteiger partial charge in [0.05, 0.1) is 11.8 Å². The Labute approximate surface area is 147 Å². The molecule has 0 fully saturated rings. The van der Waals surface area contributed by atoms with Crippen LogP contribution in [0, 0.1) is 22.7 Å². The number of nitrogens with one attached hydrogen (secondary N) is 1. The number of hydrogen-bond donors (Lipinski definition) is 1. The third kappa shape index (κ3) is 5.08. The fourth-order valence-electron chi connectivity index (χ4n) is 1.66. The highest BCUT2D eigenvalue weighted by Gasteiger charge is 2.21. The minimum Gasteiger partial charge on any atom is -0.484 e. The van der Waals surface area contributed by atoms with Crippen LogP contribution in [0.5, 0.6) is 5.75 Å². The number of thioether (sulfide) groups is 1. The summed E-state index contributed by atoms with van der Waals surface area (Å²) in [5.41, 5.74) is 0.0192. The predicted molar refractivity (Wildman–Crippen MR) is 88.3 cm³/mol. The van der Waals surface area contributed by atoms with E-state index in [1.807, 2.05) is 0 Å². The average Bonchev–Trinajstić information content (AvgIpc) is 3.00. The molecule has 2 rings (SSSR count). The lowest BCUT2D eigenvalue weighted by molar-refractivity contribution is -0.117. The molecule has 0 saturated carbocycles. The zero-order valence-electron chi connectivity index (χ0n) is 12.7. The summed E-state index contributed by atoms with van der Waals surface area (Å²) in [6, 6.07) is 8.64. The van der Waals surface area contributed by atoms with Crippen molar-refractivity contribution in [1.82, 2.24) is 10.2 Å². The van der Waals surface area contributed by atoms with Crippen molar-refractivity contribution >= 4 is 34.9 Å². The minimum atomic E-state index is -1.03. The van der Waals surface area contributed by atoms with Crippen LogP contribution in [0.4, 0.5) is 0 Å². The fourth-order valence-corrected chi connectivity index (χ4v) is 2.47. The van der Waals surface area contributed by atoms with Crippen LogP contribution in [0.1, 0.15) is 12.8 Å². The molecule has 0 aliphatic rings. The Morgan fingerprint density at radius 1 is 1.46 bits per heavy atom. The maximum Gasteiger partial charge on any atom is 0.277 e. The van der Waals surface area contributed by atoms with Crippen LogP contribution in [-0.4, -0.2) is 27.4 Å². The van der Waals surface area contributed by atoms with Gasteiger partial charge in [0.25, 0.3) is 11.1 Å². The van der Waals surface area contributed by atoms with Gasteiger partial charge in [-0.2, -0.15) is 5.26 Å². The molecule has 1 atom stereocenters. The van der Waals surface area contributed by atoms with Gasteiger partial charge in [0.15, 0.2) is 12.4 Å². The first-order valence-corrected chi connectivity index (χ1v) is 8.17. The Balaban J connectivity index is 1.85. The quantitative estimate of drug-likeness (QED) is 0.565. The number of aromatic nitrogens is 2. The van der Waals surface area contributed by atoms with Crippen LogP contribution in [0.25, 0.3) is 0 Å². The lowest BCUT2D eigenvalue weighted by Crippen LogP contribution is -2.21. The lowest BCUT2D eigenvalue weighted by Gasteiger charge is -2.04. The first kappa shape index (κ1) is 18.0. The van der Waals surface area contributed by atoms with Gasteiger partial charge in [-0.15, -0.1) is 10.2 Å². The van der Waals surface area contributed by atoms with E-state index in [0.717, 1.165) is 11.8 Å². The summed E-state index contributed by atoms with van der Waals surface area (Å²) < 4.78 is 10.8. The number of Topliss-reactive ketones (excluding diaryl/α,β-unsaturated/α-hetero) is 1. The smallest absolute Gasteiger partial charge is 0.277 e. The Kier molecular flexibility index (Phi) is 6.35. The van der Waals surface area contributed by atoms with Crippen LogP contribution in [0.2, 0.25) is 5.02 Å². The van der Waals surface area contributed by atoms with Gasteiger partial charge in [0, 0.05) is 10.7 Å². The molecule has 0 amide bonds. The van der Waals surface area contributed by atoms with E-state index in [9.17, 15) is 4.79 Å². The highest BCUT2D eigenvalue weighted by Crippen LogP contribution is 2.20. The number of hydrogen-bond acceptors (Lipinski definition) is 8. The summed E-state index contributed by atoms with van der Waals surface area (Å²) in [5.74, 6) is -0.547. The van der Waals surface area contributed by atoms with Crippen molar-refractivity contribution < 1.29 is 13.9 Å². The molecule has 1 unspecified atom stereocenters. The molecule has 24 heavy (non-hydrogen) atoms. The van der Waals surface area contributed by atoms with Gasteiger partial charge in [0.2, 0.25) is 0 Å². The number of carbonyl (C=O) groups is 1. The summed E-state index contributed by atoms with van der Waals surface area (Å²) >= 11 is 6.81. The second kappa shape index (κ2) is 8.47. The molecule has 2 aromatic rings. The van der Waals surface area contributed by atoms with Gasteiger partial charge in [-0.05, 0) is 31.2 Å². The van der Waals surface area contributed by atoms with E-state index in [-0.39, 0.29) is 35.0 Å². The molecular formula is C15H13ClN4O3S. The van der Waals surface area contributed by atoms with Crippen molar-refractivity contribution in [3.05, 3.63) is 35.2 Å². The van der Waals surface area contributed by atoms with Gasteiger partial charge in [-0.1, -0.05) is 23.4 Å². The monoisotopic (exact) mass is 364 g/mol. The number of nitrogens with zero attached hydrogens (tertiary/aromatic N) is 3. The molecule has 1 heterocycles. The summed E-state index contributed by atoms with van der Waals surface area (Å²) in [4.78, 5) is 11.8. The second-order valence-electron chi connectivity index (χ2n) is 4.70. The number of halogens is 1. The second-order valence-corrected chi connectivity index (χ2v) is 6.07. The number of ether oxygens (including phenoxy) is 1. The molecule has 0 spiro atoms. The standard InChI is InChI=1S/C15H13ClN4O3S/c1-9(18)12(6-17)13(21)8-24-15-20-19-14(23-15)7-22-11-4-2-10(16)3-5-11/h2-5,12,18H,7-8H2,1H3. The molecule has 1 N–H and O–H groups in total. The fraction of sp³-hybridized carbons (Fsp3) is 0.267. The first-order valence-electron chi connectivity index (χ1n) is 6.80. The van der Waals surface area contributed by atoms with Crippen molar-refractivity contribution in [2.75, 3.05) is 5.75 Å². The van der Waals surface area contributed by atoms with Crippen molar-refractivity contribution in [2.24, 2.45) is 5.92 Å². The number of carbonyl (C=O) groups excluding carboxylic acids is 1. The molecule has 1 aromatic carbocycles. The van der Waals surface area contributed by atoms with E-state index in [1.165, 1.54) is 6.92 Å². The van der Waals surface area contributed by atoms with Crippen molar-refractivity contribution in [1.29, 1.82) is 10.7 Å². The molecule has 0 saturated heterocycles. The van der Waals surface area contributed by atoms with E-state index in [2.05, 4.69) is 10.2 Å². The SMILES string of the molecule is CC(=N)C(C#N)C(=O)CSc1nnc(COc2ccc(Cl)cc2)o1. The molecule has 0 aliphatic carbocycles. The number of rotatable bonds is 8. The van der Waals surface area contributed by atoms with Crippen LogP contribution < -0.4 is 4.74 Å². The van der Waals surface area contributed by atoms with Gasteiger partial charge in [-0.25, -0.2) is 0 Å². The Hall–Kier alpha value is -2.37. The zero-order chi connectivity index (χ0) is 17.5. The highest BCUT2D eigenvalue weighted by atomic mass is 35.5. The van der Waals surface area contributed by atoms with Crippen LogP contribution in [0.15, 0.2) is 33.9 Å². The minimum absolute atomic E-state index is 0.0192. The van der Waals surface area contributed by atoms with Crippen molar-refractivity contribution in [3.63, 3.8) is 0 Å². The van der Waals surface area contributed by atoms with E-state index in [4.69, 9.17) is 31.4 Å². The summed E-state index contributed by atoms with van der Waals surface area (Å²) in [6.07, 6.45) is 0. The van der Waals surface area contributed by atoms with Crippen LogP contribution in [-0.2, 0) is 11.4 Å². The summed E-state index contributed by atoms with van der Waals surface area (Å²) in [7, 11) is 0. The predicted octanol–water partition coefficient (Wildman–Crippen LogP) is 3.14. The highest BCUT2D eigenvalue weighted by molar-refractivity contribution is 7.99. The number of nitriles is 1. The Morgan fingerprint density at radius 3 is 2.79 bits per heavy atom. The number of ketones is 1.